The summed E-state index contributed by atoms with van der Waals surface area (Å²) in [6, 6.07) is 6.90. The highest BCUT2D eigenvalue weighted by atomic mass is 79.9. The summed E-state index contributed by atoms with van der Waals surface area (Å²) in [5.74, 6) is 1.07. The zero-order valence-corrected chi connectivity index (χ0v) is 10.9. The minimum absolute atomic E-state index is 0.587. The maximum atomic E-state index is 5.84. The van der Waals surface area contributed by atoms with Crippen LogP contribution in [0.1, 0.15) is 18.4 Å². The van der Waals surface area contributed by atoms with Gasteiger partial charge in [-0.25, -0.2) is 0 Å². The van der Waals surface area contributed by atoms with Crippen molar-refractivity contribution >= 4 is 15.9 Å². The van der Waals surface area contributed by atoms with Gasteiger partial charge < -0.3 is 4.74 Å². The lowest BCUT2D eigenvalue weighted by atomic mass is 10.0. The van der Waals surface area contributed by atoms with Gasteiger partial charge in [-0.2, -0.15) is 0 Å². The van der Waals surface area contributed by atoms with Crippen molar-refractivity contribution in [1.82, 2.24) is 4.90 Å². The molecule has 16 heavy (non-hydrogen) atoms. The molecule has 2 heterocycles. The number of likely N-dealkylation sites (tertiary alicyclic amines) is 1. The third-order valence-electron chi connectivity index (χ3n) is 3.57. The molecular formula is C13H16BrNO. The van der Waals surface area contributed by atoms with Gasteiger partial charge >= 0.3 is 0 Å². The molecule has 0 radical (unpaired) electrons. The van der Waals surface area contributed by atoms with Gasteiger partial charge in [-0.05, 0) is 56.1 Å². The lowest BCUT2D eigenvalue weighted by Gasteiger charge is -2.32. The zero-order valence-electron chi connectivity index (χ0n) is 9.29. The van der Waals surface area contributed by atoms with E-state index in [0.29, 0.717) is 6.04 Å². The molecule has 1 fully saturated rings. The fraction of sp³-hybridized carbons (Fsp3) is 0.538. The van der Waals surface area contributed by atoms with Crippen LogP contribution in [-0.4, -0.2) is 30.6 Å². The summed E-state index contributed by atoms with van der Waals surface area (Å²) in [4.78, 5) is 2.57. The van der Waals surface area contributed by atoms with Crippen LogP contribution in [0.15, 0.2) is 22.7 Å². The van der Waals surface area contributed by atoms with Crippen molar-refractivity contribution in [1.29, 1.82) is 0 Å². The Balaban J connectivity index is 1.79. The molecule has 1 unspecified atom stereocenters. The van der Waals surface area contributed by atoms with Crippen molar-refractivity contribution in [3.63, 3.8) is 0 Å². The van der Waals surface area contributed by atoms with Gasteiger partial charge in [0.1, 0.15) is 12.4 Å². The average Bonchev–Trinajstić information content (AvgIpc) is 2.81. The Morgan fingerprint density at radius 2 is 2.06 bits per heavy atom. The van der Waals surface area contributed by atoms with E-state index in [9.17, 15) is 0 Å². The third-order valence-corrected chi connectivity index (χ3v) is 4.06. The largest absolute Gasteiger partial charge is 0.492 e. The molecular weight excluding hydrogens is 266 g/mol. The van der Waals surface area contributed by atoms with Crippen LogP contribution in [-0.2, 0) is 6.42 Å². The molecule has 3 heteroatoms. The Kier molecular flexibility index (Phi) is 2.90. The van der Waals surface area contributed by atoms with E-state index >= 15 is 0 Å². The molecule has 0 saturated carbocycles. The summed E-state index contributed by atoms with van der Waals surface area (Å²) in [6.45, 7) is 3.35. The third kappa shape index (κ3) is 1.98. The molecule has 1 aromatic carbocycles. The average molecular weight is 282 g/mol. The Hall–Kier alpha value is -0.540. The number of hydrogen-bond donors (Lipinski definition) is 0. The molecule has 2 aliphatic heterocycles. The standard InChI is InChI=1S/C13H16BrNO/c14-11-3-4-13-10(7-11)8-12(9-16-13)15-5-1-2-6-15/h3-4,7,12H,1-2,5-6,8-9H2. The van der Waals surface area contributed by atoms with Crippen LogP contribution in [0.4, 0.5) is 0 Å². The predicted molar refractivity (Wildman–Crippen MR) is 67.9 cm³/mol. The molecule has 3 rings (SSSR count). The number of benzene rings is 1. The topological polar surface area (TPSA) is 12.5 Å². The monoisotopic (exact) mass is 281 g/mol. The Bertz CT molecular complexity index is 388. The molecule has 0 bridgehead atoms. The van der Waals surface area contributed by atoms with E-state index in [-0.39, 0.29) is 0 Å². The highest BCUT2D eigenvalue weighted by molar-refractivity contribution is 9.10. The van der Waals surface area contributed by atoms with E-state index < -0.39 is 0 Å². The molecule has 0 aromatic heterocycles. The summed E-state index contributed by atoms with van der Waals surface area (Å²) in [5, 5.41) is 0. The second kappa shape index (κ2) is 4.38. The smallest absolute Gasteiger partial charge is 0.122 e. The number of halogens is 1. The van der Waals surface area contributed by atoms with Gasteiger partial charge in [-0.3, -0.25) is 4.90 Å². The lowest BCUT2D eigenvalue weighted by molar-refractivity contribution is 0.142. The van der Waals surface area contributed by atoms with Crippen molar-refractivity contribution in [2.45, 2.75) is 25.3 Å². The molecule has 0 aliphatic carbocycles. The maximum Gasteiger partial charge on any atom is 0.122 e. The first-order valence-electron chi connectivity index (χ1n) is 5.98. The number of nitrogens with zero attached hydrogens (tertiary/aromatic N) is 1. The molecule has 0 spiro atoms. The van der Waals surface area contributed by atoms with Gasteiger partial charge in [0, 0.05) is 10.5 Å². The lowest BCUT2D eigenvalue weighted by Crippen LogP contribution is -2.41. The van der Waals surface area contributed by atoms with Crippen molar-refractivity contribution in [3.05, 3.63) is 28.2 Å². The van der Waals surface area contributed by atoms with E-state index in [0.717, 1.165) is 23.2 Å². The van der Waals surface area contributed by atoms with Crippen LogP contribution in [0, 0.1) is 0 Å². The second-order valence-electron chi connectivity index (χ2n) is 4.66. The van der Waals surface area contributed by atoms with E-state index in [2.05, 4.69) is 39.0 Å². The van der Waals surface area contributed by atoms with Crippen LogP contribution < -0.4 is 4.74 Å². The summed E-state index contributed by atoms with van der Waals surface area (Å²) in [6.07, 6.45) is 3.83. The minimum atomic E-state index is 0.587. The first-order chi connectivity index (χ1) is 7.83. The first-order valence-corrected chi connectivity index (χ1v) is 6.77. The Morgan fingerprint density at radius 3 is 2.88 bits per heavy atom. The highest BCUT2D eigenvalue weighted by Crippen LogP contribution is 2.30. The first kappa shape index (κ1) is 10.6. The van der Waals surface area contributed by atoms with Crippen molar-refractivity contribution < 1.29 is 4.74 Å². The molecule has 0 N–H and O–H groups in total. The van der Waals surface area contributed by atoms with Gasteiger partial charge in [0.15, 0.2) is 0 Å². The summed E-state index contributed by atoms with van der Waals surface area (Å²) >= 11 is 3.52. The van der Waals surface area contributed by atoms with Crippen molar-refractivity contribution in [3.8, 4) is 5.75 Å². The fourth-order valence-electron chi connectivity index (χ4n) is 2.69. The van der Waals surface area contributed by atoms with Gasteiger partial charge in [0.25, 0.3) is 0 Å². The quantitative estimate of drug-likeness (QED) is 0.785. The number of hydrogen-bond acceptors (Lipinski definition) is 2. The van der Waals surface area contributed by atoms with Crippen LogP contribution >= 0.6 is 15.9 Å². The SMILES string of the molecule is Brc1ccc2c(c1)CC(N1CCCC1)CO2. The maximum absolute atomic E-state index is 5.84. The summed E-state index contributed by atoms with van der Waals surface area (Å²) in [7, 11) is 0. The molecule has 1 aromatic rings. The number of rotatable bonds is 1. The molecule has 1 atom stereocenters. The minimum Gasteiger partial charge on any atom is -0.492 e. The number of ether oxygens (including phenoxy) is 1. The van der Waals surface area contributed by atoms with Crippen molar-refractivity contribution in [2.75, 3.05) is 19.7 Å². The van der Waals surface area contributed by atoms with Crippen LogP contribution in [0.2, 0.25) is 0 Å². The van der Waals surface area contributed by atoms with Gasteiger partial charge in [-0.15, -0.1) is 0 Å². The normalized spacial score (nSPS) is 25.2. The zero-order chi connectivity index (χ0) is 11.0. The van der Waals surface area contributed by atoms with E-state index in [1.54, 1.807) is 0 Å². The Labute approximate surface area is 105 Å². The van der Waals surface area contributed by atoms with E-state index in [1.807, 2.05) is 0 Å². The predicted octanol–water partition coefficient (Wildman–Crippen LogP) is 2.85. The van der Waals surface area contributed by atoms with E-state index in [1.165, 1.54) is 31.5 Å². The fourth-order valence-corrected chi connectivity index (χ4v) is 3.10. The molecule has 86 valence electrons. The second-order valence-corrected chi connectivity index (χ2v) is 5.58. The van der Waals surface area contributed by atoms with Crippen molar-refractivity contribution in [2.24, 2.45) is 0 Å². The van der Waals surface area contributed by atoms with E-state index in [4.69, 9.17) is 4.74 Å². The highest BCUT2D eigenvalue weighted by Gasteiger charge is 2.27. The van der Waals surface area contributed by atoms with Gasteiger partial charge in [0.2, 0.25) is 0 Å². The Morgan fingerprint density at radius 1 is 1.25 bits per heavy atom. The molecule has 2 nitrogen and oxygen atoms in total. The molecule has 0 amide bonds. The molecule has 2 aliphatic rings. The van der Waals surface area contributed by atoms with Crippen LogP contribution in [0.3, 0.4) is 0 Å². The van der Waals surface area contributed by atoms with Crippen LogP contribution in [0.25, 0.3) is 0 Å². The van der Waals surface area contributed by atoms with Crippen LogP contribution in [0.5, 0.6) is 5.75 Å². The van der Waals surface area contributed by atoms with Gasteiger partial charge in [-0.1, -0.05) is 15.9 Å². The number of fused-ring (bicyclic) bond motifs is 1. The van der Waals surface area contributed by atoms with Gasteiger partial charge in [0.05, 0.1) is 0 Å². The molecule has 1 saturated heterocycles. The summed E-state index contributed by atoms with van der Waals surface area (Å²) < 4.78 is 6.99. The summed E-state index contributed by atoms with van der Waals surface area (Å²) in [5.41, 5.74) is 1.34.